The van der Waals surface area contributed by atoms with Gasteiger partial charge >= 0.3 is 0 Å². The Morgan fingerprint density at radius 2 is 1.90 bits per heavy atom. The van der Waals surface area contributed by atoms with Crippen molar-refractivity contribution in [3.8, 4) is 0 Å². The molecule has 1 heterocycles. The SMILES string of the molecule is Cc1cc(C)c(S(=O)(=O)N2CCNC(=O)C2)c(C)c1N. The molecule has 3 N–H and O–H groups in total. The molecule has 2 rings (SSSR count). The summed E-state index contributed by atoms with van der Waals surface area (Å²) < 4.78 is 26.7. The van der Waals surface area contributed by atoms with E-state index in [1.54, 1.807) is 19.9 Å². The van der Waals surface area contributed by atoms with Crippen LogP contribution in [-0.2, 0) is 14.8 Å². The number of carbonyl (C=O) groups is 1. The molecule has 0 saturated carbocycles. The summed E-state index contributed by atoms with van der Waals surface area (Å²) >= 11 is 0. The van der Waals surface area contributed by atoms with Crippen LogP contribution in [0.4, 0.5) is 5.69 Å². The van der Waals surface area contributed by atoms with Crippen LogP contribution in [0.2, 0.25) is 0 Å². The molecule has 0 radical (unpaired) electrons. The number of hydrogen-bond donors (Lipinski definition) is 2. The molecule has 1 saturated heterocycles. The van der Waals surface area contributed by atoms with Gasteiger partial charge in [-0.15, -0.1) is 0 Å². The number of benzene rings is 1. The lowest BCUT2D eigenvalue weighted by Crippen LogP contribution is -2.50. The minimum Gasteiger partial charge on any atom is -0.398 e. The molecule has 1 fully saturated rings. The number of nitrogens with zero attached hydrogens (tertiary/aromatic N) is 1. The average Bonchev–Trinajstić information content (AvgIpc) is 2.36. The number of piperazine rings is 1. The van der Waals surface area contributed by atoms with E-state index < -0.39 is 10.0 Å². The standard InChI is InChI=1S/C13H19N3O3S/c1-8-6-9(2)13(10(3)12(8)14)20(18,19)16-5-4-15-11(17)7-16/h6H,4-5,7,14H2,1-3H3,(H,15,17). The fraction of sp³-hybridized carbons (Fsp3) is 0.462. The van der Waals surface area contributed by atoms with E-state index in [2.05, 4.69) is 5.32 Å². The van der Waals surface area contributed by atoms with Gasteiger partial charge in [-0.25, -0.2) is 8.42 Å². The van der Waals surface area contributed by atoms with Crippen LogP contribution in [0.3, 0.4) is 0 Å². The molecule has 1 amide bonds. The van der Waals surface area contributed by atoms with Gasteiger partial charge in [-0.3, -0.25) is 4.79 Å². The largest absolute Gasteiger partial charge is 0.398 e. The predicted octanol–water partition coefficient (Wildman–Crippen LogP) is 0.315. The quantitative estimate of drug-likeness (QED) is 0.769. The van der Waals surface area contributed by atoms with Crippen LogP contribution in [0.15, 0.2) is 11.0 Å². The second-order valence-corrected chi connectivity index (χ2v) is 6.94. The first-order valence-corrected chi connectivity index (χ1v) is 7.82. The van der Waals surface area contributed by atoms with Crippen molar-refractivity contribution in [1.29, 1.82) is 0 Å². The van der Waals surface area contributed by atoms with E-state index in [-0.39, 0.29) is 23.9 Å². The number of nitrogens with two attached hydrogens (primary N) is 1. The van der Waals surface area contributed by atoms with E-state index in [1.165, 1.54) is 4.31 Å². The predicted molar refractivity (Wildman–Crippen MR) is 76.8 cm³/mol. The molecule has 0 aliphatic carbocycles. The Bertz CT molecular complexity index is 668. The van der Waals surface area contributed by atoms with Gasteiger partial charge in [-0.05, 0) is 37.5 Å². The summed E-state index contributed by atoms with van der Waals surface area (Å²) in [6.45, 7) is 5.76. The highest BCUT2D eigenvalue weighted by atomic mass is 32.2. The summed E-state index contributed by atoms with van der Waals surface area (Å²) in [4.78, 5) is 11.6. The zero-order valence-electron chi connectivity index (χ0n) is 11.9. The van der Waals surface area contributed by atoms with Crippen molar-refractivity contribution in [2.75, 3.05) is 25.4 Å². The molecule has 0 spiro atoms. The van der Waals surface area contributed by atoms with E-state index in [4.69, 9.17) is 5.73 Å². The lowest BCUT2D eigenvalue weighted by molar-refractivity contribution is -0.122. The van der Waals surface area contributed by atoms with E-state index in [1.807, 2.05) is 6.92 Å². The highest BCUT2D eigenvalue weighted by Gasteiger charge is 2.32. The highest BCUT2D eigenvalue weighted by Crippen LogP contribution is 2.30. The van der Waals surface area contributed by atoms with Gasteiger partial charge in [0.1, 0.15) is 0 Å². The van der Waals surface area contributed by atoms with Crippen LogP contribution >= 0.6 is 0 Å². The number of aryl methyl sites for hydroxylation is 2. The van der Waals surface area contributed by atoms with Crippen molar-refractivity contribution >= 4 is 21.6 Å². The first-order chi connectivity index (χ1) is 9.25. The molecular formula is C13H19N3O3S. The number of sulfonamides is 1. The monoisotopic (exact) mass is 297 g/mol. The Kier molecular flexibility index (Phi) is 3.75. The van der Waals surface area contributed by atoms with Gasteiger partial charge in [0.15, 0.2) is 0 Å². The molecule has 7 heteroatoms. The third-order valence-corrected chi connectivity index (χ3v) is 5.70. The molecule has 1 aliphatic heterocycles. The van der Waals surface area contributed by atoms with Gasteiger partial charge < -0.3 is 11.1 Å². The molecule has 0 unspecified atom stereocenters. The number of anilines is 1. The molecule has 0 atom stereocenters. The highest BCUT2D eigenvalue weighted by molar-refractivity contribution is 7.89. The molecular weight excluding hydrogens is 278 g/mol. The van der Waals surface area contributed by atoms with E-state index >= 15 is 0 Å². The fourth-order valence-electron chi connectivity index (χ4n) is 2.53. The normalized spacial score (nSPS) is 17.1. The molecule has 6 nitrogen and oxygen atoms in total. The van der Waals surface area contributed by atoms with Gasteiger partial charge in [0.05, 0.1) is 11.4 Å². The maximum absolute atomic E-state index is 12.7. The summed E-state index contributed by atoms with van der Waals surface area (Å²) in [6, 6.07) is 1.76. The smallest absolute Gasteiger partial charge is 0.244 e. The fourth-order valence-corrected chi connectivity index (χ4v) is 4.37. The summed E-state index contributed by atoms with van der Waals surface area (Å²) in [5.41, 5.74) is 8.48. The zero-order valence-corrected chi connectivity index (χ0v) is 12.7. The van der Waals surface area contributed by atoms with Crippen molar-refractivity contribution in [3.05, 3.63) is 22.8 Å². The number of amides is 1. The van der Waals surface area contributed by atoms with Gasteiger partial charge in [0.25, 0.3) is 0 Å². The maximum atomic E-state index is 12.7. The Morgan fingerprint density at radius 3 is 2.50 bits per heavy atom. The lowest BCUT2D eigenvalue weighted by atomic mass is 10.1. The van der Waals surface area contributed by atoms with Gasteiger partial charge in [0.2, 0.25) is 15.9 Å². The van der Waals surface area contributed by atoms with E-state index in [0.29, 0.717) is 23.4 Å². The summed E-state index contributed by atoms with van der Waals surface area (Å²) in [5.74, 6) is -0.282. The molecule has 20 heavy (non-hydrogen) atoms. The van der Waals surface area contributed by atoms with Crippen LogP contribution in [0.1, 0.15) is 16.7 Å². The summed E-state index contributed by atoms with van der Waals surface area (Å²) in [7, 11) is -3.70. The lowest BCUT2D eigenvalue weighted by Gasteiger charge is -2.27. The van der Waals surface area contributed by atoms with Crippen LogP contribution < -0.4 is 11.1 Å². The number of rotatable bonds is 2. The van der Waals surface area contributed by atoms with Gasteiger partial charge in [-0.1, -0.05) is 6.07 Å². The second kappa shape index (κ2) is 5.06. The van der Waals surface area contributed by atoms with Gasteiger partial charge in [-0.2, -0.15) is 4.31 Å². The summed E-state index contributed by atoms with van der Waals surface area (Å²) in [5, 5.41) is 2.62. The van der Waals surface area contributed by atoms with Crippen LogP contribution in [-0.4, -0.2) is 38.3 Å². The van der Waals surface area contributed by atoms with Crippen molar-refractivity contribution in [2.24, 2.45) is 0 Å². The molecule has 0 bridgehead atoms. The Morgan fingerprint density at radius 1 is 1.25 bits per heavy atom. The van der Waals surface area contributed by atoms with E-state index in [0.717, 1.165) is 5.56 Å². The van der Waals surface area contributed by atoms with E-state index in [9.17, 15) is 13.2 Å². The summed E-state index contributed by atoms with van der Waals surface area (Å²) in [6.07, 6.45) is 0. The molecule has 110 valence electrons. The van der Waals surface area contributed by atoms with Crippen molar-refractivity contribution in [3.63, 3.8) is 0 Å². The van der Waals surface area contributed by atoms with Crippen molar-refractivity contribution in [2.45, 2.75) is 25.7 Å². The Balaban J connectivity index is 2.55. The zero-order chi connectivity index (χ0) is 15.1. The minimum atomic E-state index is -3.70. The first-order valence-electron chi connectivity index (χ1n) is 6.38. The molecule has 1 aromatic rings. The third kappa shape index (κ3) is 2.38. The Hall–Kier alpha value is -1.60. The maximum Gasteiger partial charge on any atom is 0.244 e. The number of nitrogens with one attached hydrogen (secondary N) is 1. The number of carbonyl (C=O) groups excluding carboxylic acids is 1. The Labute approximate surface area is 119 Å². The topological polar surface area (TPSA) is 92.5 Å². The van der Waals surface area contributed by atoms with Crippen LogP contribution in [0, 0.1) is 20.8 Å². The number of nitrogen functional groups attached to an aromatic ring is 1. The third-order valence-electron chi connectivity index (χ3n) is 3.56. The van der Waals surface area contributed by atoms with Crippen LogP contribution in [0.5, 0.6) is 0 Å². The van der Waals surface area contributed by atoms with Crippen molar-refractivity contribution < 1.29 is 13.2 Å². The first kappa shape index (κ1) is 14.8. The second-order valence-electron chi connectivity index (χ2n) is 5.07. The van der Waals surface area contributed by atoms with Gasteiger partial charge in [0, 0.05) is 18.8 Å². The van der Waals surface area contributed by atoms with Crippen LogP contribution in [0.25, 0.3) is 0 Å². The molecule has 1 aromatic carbocycles. The number of hydrogen-bond acceptors (Lipinski definition) is 4. The molecule has 0 aromatic heterocycles. The minimum absolute atomic E-state index is 0.144. The van der Waals surface area contributed by atoms with Crippen molar-refractivity contribution in [1.82, 2.24) is 9.62 Å². The molecule has 1 aliphatic rings. The average molecular weight is 297 g/mol.